The van der Waals surface area contributed by atoms with E-state index in [0.717, 1.165) is 61.4 Å². The summed E-state index contributed by atoms with van der Waals surface area (Å²) in [5.74, 6) is 0.764. The lowest BCUT2D eigenvalue weighted by atomic mass is 10.1. The third-order valence-electron chi connectivity index (χ3n) is 8.48. The number of fused-ring (bicyclic) bond motifs is 1. The lowest BCUT2D eigenvalue weighted by Crippen LogP contribution is -2.39. The Morgan fingerprint density at radius 3 is 2.52 bits per heavy atom. The quantitative estimate of drug-likeness (QED) is 0.293. The fourth-order valence-corrected chi connectivity index (χ4v) is 5.76. The van der Waals surface area contributed by atoms with E-state index in [2.05, 4.69) is 33.9 Å². The Balaban J connectivity index is 1.69. The fraction of sp³-hybridized carbons (Fsp3) is 0.500. The number of hydrogen-bond donors (Lipinski definition) is 1. The van der Waals surface area contributed by atoms with Gasteiger partial charge in [0.15, 0.2) is 0 Å². The van der Waals surface area contributed by atoms with Gasteiger partial charge in [0.1, 0.15) is 5.82 Å². The van der Waals surface area contributed by atoms with Crippen LogP contribution in [0.5, 0.6) is 0 Å². The lowest BCUT2D eigenvalue weighted by Gasteiger charge is -2.29. The van der Waals surface area contributed by atoms with E-state index in [1.165, 1.54) is 12.1 Å². The predicted octanol–water partition coefficient (Wildman–Crippen LogP) is 5.15. The van der Waals surface area contributed by atoms with Crippen LogP contribution in [0.1, 0.15) is 67.2 Å². The second-order valence-corrected chi connectivity index (χ2v) is 12.6. The molecule has 0 aliphatic carbocycles. The van der Waals surface area contributed by atoms with Crippen LogP contribution in [-0.4, -0.2) is 84.9 Å². The zero-order chi connectivity index (χ0) is 33.1. The van der Waals surface area contributed by atoms with Gasteiger partial charge in [-0.15, -0.1) is 0 Å². The minimum absolute atomic E-state index is 0.0351. The van der Waals surface area contributed by atoms with Gasteiger partial charge in [-0.1, -0.05) is 44.2 Å². The maximum Gasteiger partial charge on any atom is 0.257 e. The van der Waals surface area contributed by atoms with Crippen LogP contribution in [-0.2, 0) is 24.3 Å². The first-order valence-corrected chi connectivity index (χ1v) is 16.5. The molecule has 2 amide bonds. The van der Waals surface area contributed by atoms with E-state index in [-0.39, 0.29) is 17.6 Å². The van der Waals surface area contributed by atoms with Gasteiger partial charge in [0.25, 0.3) is 5.91 Å². The van der Waals surface area contributed by atoms with Crippen molar-refractivity contribution in [1.29, 1.82) is 0 Å². The summed E-state index contributed by atoms with van der Waals surface area (Å²) in [6, 6.07) is 14.4. The third kappa shape index (κ3) is 9.80. The number of aryl methyl sites for hydroxylation is 1. The SMILES string of the molecule is CNCCCc1nc(N(C)CCC(C)C)ncc1C(=O)N1CCN(Cc2ccc(F)cc2)CCCN(C(C)=O)c2ccccc2C1. The van der Waals surface area contributed by atoms with E-state index in [1.54, 1.807) is 25.3 Å². The Labute approximate surface area is 273 Å². The predicted molar refractivity (Wildman–Crippen MR) is 183 cm³/mol. The molecule has 0 spiro atoms. The van der Waals surface area contributed by atoms with Crippen LogP contribution in [0, 0.1) is 11.7 Å². The van der Waals surface area contributed by atoms with Crippen LogP contribution in [0.15, 0.2) is 54.7 Å². The Morgan fingerprint density at radius 2 is 1.80 bits per heavy atom. The van der Waals surface area contributed by atoms with Crippen molar-refractivity contribution >= 4 is 23.5 Å². The second kappa shape index (κ2) is 17.1. The Morgan fingerprint density at radius 1 is 1.04 bits per heavy atom. The normalized spacial score (nSPS) is 14.6. The number of nitrogens with zero attached hydrogens (tertiary/aromatic N) is 6. The van der Waals surface area contributed by atoms with Gasteiger partial charge in [0, 0.05) is 71.7 Å². The summed E-state index contributed by atoms with van der Waals surface area (Å²) in [5, 5.41) is 3.20. The first-order valence-electron chi connectivity index (χ1n) is 16.5. The number of carbonyl (C=O) groups is 2. The van der Waals surface area contributed by atoms with E-state index in [4.69, 9.17) is 4.98 Å². The highest BCUT2D eigenvalue weighted by atomic mass is 19.1. The van der Waals surface area contributed by atoms with Gasteiger partial charge in [-0.2, -0.15) is 0 Å². The summed E-state index contributed by atoms with van der Waals surface area (Å²) in [5.41, 5.74) is 4.00. The van der Waals surface area contributed by atoms with E-state index in [1.807, 2.05) is 48.2 Å². The number of amides is 2. The van der Waals surface area contributed by atoms with Gasteiger partial charge in [-0.25, -0.2) is 14.4 Å². The standard InChI is InChI=1S/C36H50FN7O2/c1-27(2)17-21-41(5)36-39-24-32(33(40-36)11-8-18-38-4)35(46)43-23-22-42(25-29-13-15-31(37)16-14-29)19-9-20-44(28(3)45)34-12-7-6-10-30(34)26-43/h6-7,10,12-16,24,27,38H,8-9,11,17-23,25-26H2,1-5H3. The molecular weight excluding hydrogens is 581 g/mol. The molecule has 3 aromatic rings. The van der Waals surface area contributed by atoms with Crippen molar-refractivity contribution < 1.29 is 14.0 Å². The Bertz CT molecular complexity index is 1430. The van der Waals surface area contributed by atoms with E-state index in [0.29, 0.717) is 56.6 Å². The van der Waals surface area contributed by atoms with Crippen molar-refractivity contribution in [3.8, 4) is 0 Å². The van der Waals surface area contributed by atoms with Gasteiger partial charge in [-0.05, 0) is 74.5 Å². The molecule has 0 bridgehead atoms. The summed E-state index contributed by atoms with van der Waals surface area (Å²) in [7, 11) is 3.92. The minimum Gasteiger partial charge on any atom is -0.344 e. The molecular formula is C36H50FN7O2. The molecule has 0 fully saturated rings. The molecule has 248 valence electrons. The zero-order valence-electron chi connectivity index (χ0n) is 28.1. The lowest BCUT2D eigenvalue weighted by molar-refractivity contribution is -0.116. The molecule has 46 heavy (non-hydrogen) atoms. The van der Waals surface area contributed by atoms with Crippen LogP contribution in [0.2, 0.25) is 0 Å². The van der Waals surface area contributed by atoms with Crippen LogP contribution in [0.25, 0.3) is 0 Å². The van der Waals surface area contributed by atoms with Crippen LogP contribution in [0.4, 0.5) is 16.0 Å². The van der Waals surface area contributed by atoms with Crippen LogP contribution in [0.3, 0.4) is 0 Å². The number of carbonyl (C=O) groups excluding carboxylic acids is 2. The number of para-hydroxylation sites is 1. The third-order valence-corrected chi connectivity index (χ3v) is 8.48. The van der Waals surface area contributed by atoms with Crippen molar-refractivity contribution in [2.45, 2.75) is 59.5 Å². The Hall–Kier alpha value is -3.89. The number of nitrogens with one attached hydrogen (secondary N) is 1. The van der Waals surface area contributed by atoms with Crippen molar-refractivity contribution in [1.82, 2.24) is 25.1 Å². The first-order chi connectivity index (χ1) is 22.2. The molecule has 1 aromatic heterocycles. The molecule has 1 N–H and O–H groups in total. The highest BCUT2D eigenvalue weighted by Gasteiger charge is 2.26. The van der Waals surface area contributed by atoms with Crippen molar-refractivity contribution in [2.75, 3.05) is 63.2 Å². The molecule has 0 unspecified atom stereocenters. The topological polar surface area (TPSA) is 84.9 Å². The number of aromatic nitrogens is 2. The van der Waals surface area contributed by atoms with Gasteiger partial charge in [-0.3, -0.25) is 14.5 Å². The van der Waals surface area contributed by atoms with Crippen LogP contribution >= 0.6 is 0 Å². The number of hydrogen-bond acceptors (Lipinski definition) is 7. The molecule has 1 aliphatic rings. The fourth-order valence-electron chi connectivity index (χ4n) is 5.76. The van der Waals surface area contributed by atoms with E-state index >= 15 is 0 Å². The number of benzene rings is 2. The summed E-state index contributed by atoms with van der Waals surface area (Å²) in [6.07, 6.45) is 4.96. The number of rotatable bonds is 11. The molecule has 1 aliphatic heterocycles. The maximum atomic E-state index is 14.5. The summed E-state index contributed by atoms with van der Waals surface area (Å²) in [4.78, 5) is 45.0. The monoisotopic (exact) mass is 631 g/mol. The molecule has 0 radical (unpaired) electrons. The molecule has 9 nitrogen and oxygen atoms in total. The molecule has 0 saturated heterocycles. The zero-order valence-corrected chi connectivity index (χ0v) is 28.1. The highest BCUT2D eigenvalue weighted by molar-refractivity contribution is 5.96. The largest absolute Gasteiger partial charge is 0.344 e. The smallest absolute Gasteiger partial charge is 0.257 e. The van der Waals surface area contributed by atoms with E-state index in [9.17, 15) is 14.0 Å². The molecule has 0 saturated carbocycles. The first kappa shape index (κ1) is 35.0. The van der Waals surface area contributed by atoms with Crippen LogP contribution < -0.4 is 15.1 Å². The minimum atomic E-state index is -0.266. The molecule has 10 heteroatoms. The molecule has 4 rings (SSSR count). The Kier molecular flexibility index (Phi) is 13.0. The van der Waals surface area contributed by atoms with E-state index < -0.39 is 0 Å². The number of anilines is 2. The maximum absolute atomic E-state index is 14.5. The highest BCUT2D eigenvalue weighted by Crippen LogP contribution is 2.25. The molecule has 0 atom stereocenters. The van der Waals surface area contributed by atoms with Crippen molar-refractivity contribution in [3.05, 3.63) is 82.9 Å². The molecule has 2 aromatic carbocycles. The second-order valence-electron chi connectivity index (χ2n) is 12.6. The van der Waals surface area contributed by atoms with Gasteiger partial charge in [0.05, 0.1) is 11.3 Å². The average Bonchev–Trinajstić information content (AvgIpc) is 3.07. The van der Waals surface area contributed by atoms with Crippen molar-refractivity contribution in [2.24, 2.45) is 5.92 Å². The summed E-state index contributed by atoms with van der Waals surface area (Å²) < 4.78 is 13.6. The summed E-state index contributed by atoms with van der Waals surface area (Å²) >= 11 is 0. The van der Waals surface area contributed by atoms with Gasteiger partial charge >= 0.3 is 0 Å². The molecule has 2 heterocycles. The van der Waals surface area contributed by atoms with Gasteiger partial charge < -0.3 is 20.0 Å². The summed E-state index contributed by atoms with van der Waals surface area (Å²) in [6.45, 7) is 11.0. The number of halogens is 1. The van der Waals surface area contributed by atoms with Crippen molar-refractivity contribution in [3.63, 3.8) is 0 Å². The van der Waals surface area contributed by atoms with Gasteiger partial charge in [0.2, 0.25) is 11.9 Å². The average molecular weight is 632 g/mol.